The van der Waals surface area contributed by atoms with Crippen LogP contribution in [0.3, 0.4) is 0 Å². The highest BCUT2D eigenvalue weighted by Crippen LogP contribution is 2.20. The van der Waals surface area contributed by atoms with E-state index >= 15 is 0 Å². The molecule has 1 aromatic rings. The van der Waals surface area contributed by atoms with Crippen LogP contribution in [-0.2, 0) is 16.0 Å². The van der Waals surface area contributed by atoms with Gasteiger partial charge in [-0.15, -0.1) is 0 Å². The van der Waals surface area contributed by atoms with Gasteiger partial charge >= 0.3 is 0 Å². The number of likely N-dealkylation sites (N-methyl/N-ethyl adjacent to an activating group) is 1. The van der Waals surface area contributed by atoms with Crippen LogP contribution in [0.2, 0.25) is 0 Å². The molecule has 0 heterocycles. The quantitative estimate of drug-likeness (QED) is 0.842. The molecule has 21 heavy (non-hydrogen) atoms. The molecule has 0 spiro atoms. The van der Waals surface area contributed by atoms with Gasteiger partial charge < -0.3 is 10.6 Å². The molecule has 2 atom stereocenters. The van der Waals surface area contributed by atoms with E-state index < -0.39 is 6.04 Å². The maximum absolute atomic E-state index is 12.4. The van der Waals surface area contributed by atoms with Gasteiger partial charge in [0.25, 0.3) is 0 Å². The van der Waals surface area contributed by atoms with Crippen molar-refractivity contribution in [2.24, 2.45) is 5.41 Å². The summed E-state index contributed by atoms with van der Waals surface area (Å²) in [4.78, 5) is 24.2. The second-order valence-corrected chi connectivity index (χ2v) is 6.45. The van der Waals surface area contributed by atoms with Gasteiger partial charge in [-0.1, -0.05) is 51.1 Å². The number of carbonyl (C=O) groups is 2. The molecular formula is C17H26N2O2. The minimum atomic E-state index is -0.475. The molecule has 4 nitrogen and oxygen atoms in total. The van der Waals surface area contributed by atoms with Crippen LogP contribution in [0.4, 0.5) is 0 Å². The minimum Gasteiger partial charge on any atom is -0.344 e. The summed E-state index contributed by atoms with van der Waals surface area (Å²) in [5.41, 5.74) is 0.786. The summed E-state index contributed by atoms with van der Waals surface area (Å²) in [6, 6.07) is 9.01. The van der Waals surface area contributed by atoms with Gasteiger partial charge in [0, 0.05) is 0 Å². The number of hydrogen-bond acceptors (Lipinski definition) is 3. The highest BCUT2D eigenvalue weighted by molar-refractivity contribution is 5.90. The summed E-state index contributed by atoms with van der Waals surface area (Å²) >= 11 is 0. The Labute approximate surface area is 127 Å². The third-order valence-electron chi connectivity index (χ3n) is 3.51. The molecule has 1 rings (SSSR count). The van der Waals surface area contributed by atoms with Gasteiger partial charge in [-0.2, -0.15) is 0 Å². The average molecular weight is 290 g/mol. The Morgan fingerprint density at radius 1 is 1.14 bits per heavy atom. The van der Waals surface area contributed by atoms with Crippen LogP contribution < -0.4 is 10.6 Å². The van der Waals surface area contributed by atoms with Gasteiger partial charge in [0.15, 0.2) is 5.78 Å². The smallest absolute Gasteiger partial charge is 0.238 e. The highest BCUT2D eigenvalue weighted by Gasteiger charge is 2.31. The van der Waals surface area contributed by atoms with Crippen LogP contribution in [0.5, 0.6) is 0 Å². The Bertz CT molecular complexity index is 477. The SMILES string of the molecule is CN[C@@H](Cc1ccccc1)C(=O)N[C@H](C(C)=O)C(C)(C)C. The first-order valence-corrected chi connectivity index (χ1v) is 7.27. The lowest BCUT2D eigenvalue weighted by Gasteiger charge is -2.30. The van der Waals surface area contributed by atoms with Crippen LogP contribution in [-0.4, -0.2) is 30.8 Å². The predicted octanol–water partition coefficient (Wildman–Crippen LogP) is 1.94. The van der Waals surface area contributed by atoms with E-state index in [1.54, 1.807) is 7.05 Å². The molecule has 0 bridgehead atoms. The first-order valence-electron chi connectivity index (χ1n) is 7.27. The summed E-state index contributed by atoms with van der Waals surface area (Å²) in [5.74, 6) is -0.165. The van der Waals surface area contributed by atoms with Crippen molar-refractivity contribution in [2.45, 2.75) is 46.2 Å². The molecule has 4 heteroatoms. The minimum absolute atomic E-state index is 0.0228. The van der Waals surface area contributed by atoms with E-state index in [1.165, 1.54) is 6.92 Å². The predicted molar refractivity (Wildman–Crippen MR) is 85.1 cm³/mol. The average Bonchev–Trinajstić information content (AvgIpc) is 2.41. The summed E-state index contributed by atoms with van der Waals surface area (Å²) < 4.78 is 0. The Morgan fingerprint density at radius 3 is 2.14 bits per heavy atom. The number of rotatable bonds is 6. The topological polar surface area (TPSA) is 58.2 Å². The number of carbonyl (C=O) groups excluding carboxylic acids is 2. The third kappa shape index (κ3) is 5.31. The van der Waals surface area contributed by atoms with Crippen LogP contribution >= 0.6 is 0 Å². The van der Waals surface area contributed by atoms with E-state index in [0.29, 0.717) is 6.42 Å². The van der Waals surface area contributed by atoms with Crippen molar-refractivity contribution in [1.82, 2.24) is 10.6 Å². The standard InChI is InChI=1S/C17H26N2O2/c1-12(20)15(17(2,3)4)19-16(21)14(18-5)11-13-9-7-6-8-10-13/h6-10,14-15,18H,11H2,1-5H3,(H,19,21)/t14-,15+/m0/s1. The van der Waals surface area contributed by atoms with Crippen molar-refractivity contribution < 1.29 is 9.59 Å². The second-order valence-electron chi connectivity index (χ2n) is 6.45. The number of benzene rings is 1. The summed E-state index contributed by atoms with van der Waals surface area (Å²) in [6.07, 6.45) is 0.595. The third-order valence-corrected chi connectivity index (χ3v) is 3.51. The molecule has 0 radical (unpaired) electrons. The van der Waals surface area contributed by atoms with Crippen LogP contribution in [0.1, 0.15) is 33.3 Å². The fourth-order valence-electron chi connectivity index (χ4n) is 2.35. The molecule has 1 aromatic carbocycles. The molecule has 0 aliphatic rings. The molecule has 116 valence electrons. The molecule has 0 aromatic heterocycles. The lowest BCUT2D eigenvalue weighted by Crippen LogP contribution is -2.54. The van der Waals surface area contributed by atoms with E-state index in [9.17, 15) is 9.59 Å². The number of nitrogens with one attached hydrogen (secondary N) is 2. The Hall–Kier alpha value is -1.68. The molecule has 0 aliphatic carbocycles. The molecule has 2 N–H and O–H groups in total. The largest absolute Gasteiger partial charge is 0.344 e. The normalized spacial score (nSPS) is 14.3. The number of ketones is 1. The zero-order valence-electron chi connectivity index (χ0n) is 13.6. The maximum atomic E-state index is 12.4. The monoisotopic (exact) mass is 290 g/mol. The van der Waals surface area contributed by atoms with Crippen molar-refractivity contribution in [3.8, 4) is 0 Å². The van der Waals surface area contributed by atoms with Crippen LogP contribution in [0.15, 0.2) is 30.3 Å². The Morgan fingerprint density at radius 2 is 1.71 bits per heavy atom. The summed E-state index contributed by atoms with van der Waals surface area (Å²) in [7, 11) is 1.76. The van der Waals surface area contributed by atoms with E-state index in [-0.39, 0.29) is 23.1 Å². The summed E-state index contributed by atoms with van der Waals surface area (Å²) in [5, 5.41) is 5.90. The van der Waals surface area contributed by atoms with Gasteiger partial charge in [-0.3, -0.25) is 9.59 Å². The van der Waals surface area contributed by atoms with Gasteiger partial charge in [0.1, 0.15) is 0 Å². The van der Waals surface area contributed by atoms with E-state index in [1.807, 2.05) is 51.1 Å². The van der Waals surface area contributed by atoms with Gasteiger partial charge in [0.2, 0.25) is 5.91 Å². The lowest BCUT2D eigenvalue weighted by atomic mass is 9.84. The molecule has 1 amide bonds. The van der Waals surface area contributed by atoms with E-state index in [0.717, 1.165) is 5.56 Å². The van der Waals surface area contributed by atoms with Crippen molar-refractivity contribution in [2.75, 3.05) is 7.05 Å². The maximum Gasteiger partial charge on any atom is 0.238 e. The van der Waals surface area contributed by atoms with E-state index in [2.05, 4.69) is 10.6 Å². The molecule has 0 unspecified atom stereocenters. The fourth-order valence-corrected chi connectivity index (χ4v) is 2.35. The van der Waals surface area contributed by atoms with Crippen molar-refractivity contribution in [3.05, 3.63) is 35.9 Å². The molecule has 0 saturated heterocycles. The Balaban J connectivity index is 2.77. The number of hydrogen-bond donors (Lipinski definition) is 2. The Kier molecular flexibility index (Phi) is 6.09. The number of Topliss-reactive ketones (excluding diaryl/α,β-unsaturated/α-hetero) is 1. The van der Waals surface area contributed by atoms with Crippen molar-refractivity contribution >= 4 is 11.7 Å². The molecule has 0 aliphatic heterocycles. The number of amides is 1. The van der Waals surface area contributed by atoms with Crippen molar-refractivity contribution in [3.63, 3.8) is 0 Å². The van der Waals surface area contributed by atoms with Crippen LogP contribution in [0, 0.1) is 5.41 Å². The van der Waals surface area contributed by atoms with Crippen molar-refractivity contribution in [1.29, 1.82) is 0 Å². The zero-order valence-corrected chi connectivity index (χ0v) is 13.6. The first-order chi connectivity index (χ1) is 9.75. The summed E-state index contributed by atoms with van der Waals surface area (Å²) in [6.45, 7) is 7.36. The van der Waals surface area contributed by atoms with Gasteiger partial charge in [0.05, 0.1) is 12.1 Å². The first kappa shape index (κ1) is 17.4. The van der Waals surface area contributed by atoms with Crippen LogP contribution in [0.25, 0.3) is 0 Å². The fraction of sp³-hybridized carbons (Fsp3) is 0.529. The van der Waals surface area contributed by atoms with E-state index in [4.69, 9.17) is 0 Å². The van der Waals surface area contributed by atoms with Gasteiger partial charge in [-0.05, 0) is 31.4 Å². The zero-order chi connectivity index (χ0) is 16.0. The molecular weight excluding hydrogens is 264 g/mol. The molecule has 0 fully saturated rings. The lowest BCUT2D eigenvalue weighted by molar-refractivity contribution is -0.130. The second kappa shape index (κ2) is 7.36. The van der Waals surface area contributed by atoms with Gasteiger partial charge in [-0.25, -0.2) is 0 Å². The molecule has 0 saturated carbocycles. The highest BCUT2D eigenvalue weighted by atomic mass is 16.2.